The van der Waals surface area contributed by atoms with Crippen molar-refractivity contribution >= 4 is 39.4 Å². The number of imide groups is 1. The molecule has 1 atom stereocenters. The van der Waals surface area contributed by atoms with Crippen LogP contribution in [0.15, 0.2) is 54.9 Å². The topological polar surface area (TPSA) is 81.5 Å². The van der Waals surface area contributed by atoms with Gasteiger partial charge in [-0.2, -0.15) is 0 Å². The van der Waals surface area contributed by atoms with Crippen LogP contribution in [-0.2, 0) is 29.5 Å². The minimum Gasteiger partial charge on any atom is -0.350 e. The van der Waals surface area contributed by atoms with Crippen molar-refractivity contribution in [1.29, 1.82) is 0 Å². The molecule has 3 aromatic heterocycles. The number of benzene rings is 1. The molecule has 0 spiro atoms. The summed E-state index contributed by atoms with van der Waals surface area (Å²) < 4.78 is 4.18. The summed E-state index contributed by atoms with van der Waals surface area (Å²) in [5.74, 6) is -0.224. The maximum Gasteiger partial charge on any atom is 0.259 e. The van der Waals surface area contributed by atoms with Gasteiger partial charge in [-0.15, -0.1) is 0 Å². The quantitative estimate of drug-likeness (QED) is 0.496. The molecule has 0 saturated carbocycles. The van der Waals surface area contributed by atoms with E-state index in [-0.39, 0.29) is 11.8 Å². The van der Waals surface area contributed by atoms with E-state index in [0.29, 0.717) is 23.6 Å². The Kier molecular flexibility index (Phi) is 4.13. The summed E-state index contributed by atoms with van der Waals surface area (Å²) in [4.78, 5) is 26.4. The fourth-order valence-corrected chi connectivity index (χ4v) is 5.51. The first-order valence-electron chi connectivity index (χ1n) is 11.0. The molecule has 0 radical (unpaired) electrons. The number of nitrogens with one attached hydrogen (secondary N) is 1. The van der Waals surface area contributed by atoms with Gasteiger partial charge >= 0.3 is 0 Å². The van der Waals surface area contributed by atoms with Crippen molar-refractivity contribution in [3.63, 3.8) is 0 Å². The Balaban J connectivity index is 1.69. The van der Waals surface area contributed by atoms with Gasteiger partial charge in [-0.05, 0) is 55.5 Å². The molecule has 1 aromatic carbocycles. The first kappa shape index (κ1) is 19.1. The van der Waals surface area contributed by atoms with E-state index in [2.05, 4.69) is 9.72 Å². The second kappa shape index (κ2) is 6.93. The predicted molar refractivity (Wildman–Crippen MR) is 125 cm³/mol. The van der Waals surface area contributed by atoms with Crippen molar-refractivity contribution in [3.05, 3.63) is 77.2 Å². The van der Waals surface area contributed by atoms with Crippen LogP contribution in [-0.4, -0.2) is 27.3 Å². The summed E-state index contributed by atoms with van der Waals surface area (Å²) in [6, 6.07) is 14.0. The molecule has 1 unspecified atom stereocenters. The largest absolute Gasteiger partial charge is 0.350 e. The van der Waals surface area contributed by atoms with Crippen LogP contribution in [0.2, 0.25) is 0 Å². The highest BCUT2D eigenvalue weighted by molar-refractivity contribution is 6.50. The van der Waals surface area contributed by atoms with E-state index in [9.17, 15) is 9.59 Å². The van der Waals surface area contributed by atoms with Gasteiger partial charge in [-0.25, -0.2) is 0 Å². The zero-order chi connectivity index (χ0) is 22.0. The smallest absolute Gasteiger partial charge is 0.259 e. The van der Waals surface area contributed by atoms with Crippen molar-refractivity contribution in [2.75, 3.05) is 6.54 Å². The molecule has 1 aliphatic heterocycles. The first-order valence-corrected chi connectivity index (χ1v) is 11.0. The molecule has 2 amide bonds. The molecule has 6 nitrogen and oxygen atoms in total. The van der Waals surface area contributed by atoms with E-state index in [1.54, 1.807) is 0 Å². The SMILES string of the molecule is Cn1cc(C2=C(c3c4c(n5ccccc35)CC(CN)CC4)C(=O)NC2=O)c2ccccc21. The molecule has 1 aliphatic carbocycles. The number of carbonyl (C=O) groups excluding carboxylic acids is 2. The summed E-state index contributed by atoms with van der Waals surface area (Å²) in [6.45, 7) is 0.651. The van der Waals surface area contributed by atoms with Gasteiger partial charge in [-0.3, -0.25) is 14.9 Å². The normalized spacial score (nSPS) is 18.6. The number of aryl methyl sites for hydroxylation is 1. The highest BCUT2D eigenvalue weighted by Crippen LogP contribution is 2.42. The molecule has 6 rings (SSSR count). The lowest BCUT2D eigenvalue weighted by Gasteiger charge is -2.22. The zero-order valence-electron chi connectivity index (χ0n) is 17.9. The average Bonchev–Trinajstić information content (AvgIpc) is 3.41. The lowest BCUT2D eigenvalue weighted by molar-refractivity contribution is -0.122. The molecular formula is C26H24N4O2. The fraction of sp³-hybridized carbons (Fsp3) is 0.231. The summed E-state index contributed by atoms with van der Waals surface area (Å²) >= 11 is 0. The van der Waals surface area contributed by atoms with Gasteiger partial charge in [0.05, 0.1) is 16.7 Å². The number of para-hydroxylation sites is 1. The molecule has 32 heavy (non-hydrogen) atoms. The number of aromatic nitrogens is 2. The molecular weight excluding hydrogens is 400 g/mol. The maximum atomic E-state index is 13.2. The van der Waals surface area contributed by atoms with Gasteiger partial charge in [0.25, 0.3) is 11.8 Å². The lowest BCUT2D eigenvalue weighted by atomic mass is 9.84. The molecule has 4 heterocycles. The summed E-state index contributed by atoms with van der Waals surface area (Å²) in [7, 11) is 1.96. The van der Waals surface area contributed by atoms with Crippen LogP contribution < -0.4 is 11.1 Å². The van der Waals surface area contributed by atoms with E-state index < -0.39 is 0 Å². The third-order valence-electron chi connectivity index (χ3n) is 7.02. The number of fused-ring (bicyclic) bond motifs is 4. The van der Waals surface area contributed by atoms with Crippen molar-refractivity contribution < 1.29 is 9.59 Å². The Labute approximate surface area is 185 Å². The van der Waals surface area contributed by atoms with E-state index in [4.69, 9.17) is 5.73 Å². The monoisotopic (exact) mass is 424 g/mol. The Morgan fingerprint density at radius 3 is 2.62 bits per heavy atom. The number of nitrogens with zero attached hydrogens (tertiary/aromatic N) is 2. The number of carbonyl (C=O) groups is 2. The molecule has 3 N–H and O–H groups in total. The van der Waals surface area contributed by atoms with E-state index >= 15 is 0 Å². The Bertz CT molecular complexity index is 1470. The Morgan fingerprint density at radius 1 is 1.03 bits per heavy atom. The van der Waals surface area contributed by atoms with Gasteiger partial charge in [0.1, 0.15) is 0 Å². The summed E-state index contributed by atoms with van der Waals surface area (Å²) in [5, 5.41) is 3.54. The zero-order valence-corrected chi connectivity index (χ0v) is 17.9. The van der Waals surface area contributed by atoms with Crippen LogP contribution in [0.4, 0.5) is 0 Å². The summed E-state index contributed by atoms with van der Waals surface area (Å²) in [6.07, 6.45) is 6.71. The standard InChI is InChI=1S/C26H24N4O2/c1-29-14-18(16-6-2-3-7-19(16)29)23-24(26(32)28-25(23)31)22-17-10-9-15(13-27)12-21(17)30-11-5-4-8-20(22)30/h2-8,11,14-15H,9-10,12-13,27H2,1H3,(H,28,31,32). The number of nitrogens with two attached hydrogens (primary N) is 1. The third-order valence-corrected chi connectivity index (χ3v) is 7.02. The average molecular weight is 425 g/mol. The highest BCUT2D eigenvalue weighted by Gasteiger charge is 2.38. The molecule has 2 aliphatic rings. The molecule has 6 heteroatoms. The van der Waals surface area contributed by atoms with Gasteiger partial charge in [0, 0.05) is 47.2 Å². The van der Waals surface area contributed by atoms with Crippen LogP contribution in [0, 0.1) is 5.92 Å². The molecule has 0 bridgehead atoms. The third kappa shape index (κ3) is 2.56. The van der Waals surface area contributed by atoms with Gasteiger partial charge in [-0.1, -0.05) is 24.3 Å². The number of pyridine rings is 1. The second-order valence-electron chi connectivity index (χ2n) is 8.80. The van der Waals surface area contributed by atoms with E-state index in [1.165, 1.54) is 11.3 Å². The van der Waals surface area contributed by atoms with E-state index in [1.807, 2.05) is 66.5 Å². The first-order chi connectivity index (χ1) is 15.6. The van der Waals surface area contributed by atoms with E-state index in [0.717, 1.165) is 46.8 Å². The molecule has 160 valence electrons. The van der Waals surface area contributed by atoms with Crippen molar-refractivity contribution in [3.8, 4) is 0 Å². The minimum atomic E-state index is -0.332. The number of hydrogen-bond donors (Lipinski definition) is 2. The second-order valence-corrected chi connectivity index (χ2v) is 8.80. The fourth-order valence-electron chi connectivity index (χ4n) is 5.51. The molecule has 0 fully saturated rings. The number of rotatable bonds is 3. The van der Waals surface area contributed by atoms with Crippen molar-refractivity contribution in [1.82, 2.24) is 14.3 Å². The predicted octanol–water partition coefficient (Wildman–Crippen LogP) is 3.06. The number of amides is 2. The van der Waals surface area contributed by atoms with Crippen LogP contribution in [0.25, 0.3) is 27.6 Å². The van der Waals surface area contributed by atoms with Gasteiger partial charge < -0.3 is 14.7 Å². The van der Waals surface area contributed by atoms with Gasteiger partial charge in [0.15, 0.2) is 0 Å². The van der Waals surface area contributed by atoms with Crippen LogP contribution >= 0.6 is 0 Å². The van der Waals surface area contributed by atoms with Crippen molar-refractivity contribution in [2.24, 2.45) is 18.7 Å². The Hall–Kier alpha value is -3.64. The maximum absolute atomic E-state index is 13.2. The molecule has 0 saturated heterocycles. The number of hydrogen-bond acceptors (Lipinski definition) is 3. The van der Waals surface area contributed by atoms with Gasteiger partial charge in [0.2, 0.25) is 0 Å². The minimum absolute atomic E-state index is 0.321. The van der Waals surface area contributed by atoms with Crippen LogP contribution in [0.1, 0.15) is 28.8 Å². The Morgan fingerprint density at radius 2 is 1.78 bits per heavy atom. The van der Waals surface area contributed by atoms with Crippen LogP contribution in [0.5, 0.6) is 0 Å². The lowest BCUT2D eigenvalue weighted by Crippen LogP contribution is -2.24. The molecule has 4 aromatic rings. The van der Waals surface area contributed by atoms with Crippen LogP contribution in [0.3, 0.4) is 0 Å². The van der Waals surface area contributed by atoms with Crippen molar-refractivity contribution in [2.45, 2.75) is 19.3 Å². The highest BCUT2D eigenvalue weighted by atomic mass is 16.2. The summed E-state index contributed by atoms with van der Waals surface area (Å²) in [5.41, 5.74) is 13.0.